The third-order valence-electron chi connectivity index (χ3n) is 3.20. The zero-order chi connectivity index (χ0) is 15.1. The lowest BCUT2D eigenvalue weighted by molar-refractivity contribution is 0.127. The van der Waals surface area contributed by atoms with Crippen molar-refractivity contribution in [2.75, 3.05) is 38.5 Å². The van der Waals surface area contributed by atoms with Gasteiger partial charge < -0.3 is 25.3 Å². The maximum absolute atomic E-state index is 6.06. The summed E-state index contributed by atoms with van der Waals surface area (Å²) in [6.07, 6.45) is 0. The van der Waals surface area contributed by atoms with Crippen molar-refractivity contribution in [1.29, 1.82) is 0 Å². The van der Waals surface area contributed by atoms with Gasteiger partial charge in [0, 0.05) is 18.7 Å². The van der Waals surface area contributed by atoms with Crippen molar-refractivity contribution in [3.63, 3.8) is 0 Å². The molecule has 0 saturated heterocycles. The smallest absolute Gasteiger partial charge is 0.162 e. The summed E-state index contributed by atoms with van der Waals surface area (Å²) in [6, 6.07) is 3.81. The van der Waals surface area contributed by atoms with E-state index in [1.165, 1.54) is 0 Å². The average Bonchev–Trinajstić information content (AvgIpc) is 2.44. The summed E-state index contributed by atoms with van der Waals surface area (Å²) in [7, 11) is 3.20. The van der Waals surface area contributed by atoms with Gasteiger partial charge >= 0.3 is 0 Å². The Morgan fingerprint density at radius 2 is 1.75 bits per heavy atom. The van der Waals surface area contributed by atoms with E-state index in [9.17, 15) is 0 Å². The van der Waals surface area contributed by atoms with Crippen LogP contribution < -0.4 is 20.5 Å². The second-order valence-electron chi connectivity index (χ2n) is 4.95. The fourth-order valence-electron chi connectivity index (χ4n) is 1.87. The first kappa shape index (κ1) is 16.4. The Labute approximate surface area is 121 Å². The monoisotopic (exact) mass is 282 g/mol. The van der Waals surface area contributed by atoms with E-state index in [4.69, 9.17) is 19.9 Å². The fraction of sp³-hybridized carbons (Fsp3) is 0.600. The molecule has 3 N–H and O–H groups in total. The highest BCUT2D eigenvalue weighted by Crippen LogP contribution is 2.35. The van der Waals surface area contributed by atoms with Crippen molar-refractivity contribution in [3.05, 3.63) is 12.1 Å². The molecular formula is C15H26N2O3. The molecule has 1 rings (SSSR count). The van der Waals surface area contributed by atoms with E-state index in [0.717, 1.165) is 5.69 Å². The van der Waals surface area contributed by atoms with Crippen LogP contribution in [0.1, 0.15) is 20.8 Å². The van der Waals surface area contributed by atoms with Crippen LogP contribution in [0.15, 0.2) is 12.1 Å². The molecule has 1 aromatic carbocycles. The zero-order valence-electron chi connectivity index (χ0n) is 13.0. The van der Waals surface area contributed by atoms with Crippen molar-refractivity contribution in [2.24, 2.45) is 5.92 Å². The third-order valence-corrected chi connectivity index (χ3v) is 3.20. The molecule has 0 fully saturated rings. The van der Waals surface area contributed by atoms with E-state index in [2.05, 4.69) is 19.2 Å². The molecule has 0 aliphatic carbocycles. The first-order valence-corrected chi connectivity index (χ1v) is 6.89. The number of methoxy groups -OCH3 is 2. The molecule has 0 aliphatic rings. The molecule has 0 amide bonds. The molecule has 0 heterocycles. The summed E-state index contributed by atoms with van der Waals surface area (Å²) in [5.74, 6) is 1.71. The van der Waals surface area contributed by atoms with Crippen LogP contribution in [0.4, 0.5) is 11.4 Å². The lowest BCUT2D eigenvalue weighted by Crippen LogP contribution is -2.31. The molecule has 1 aromatic rings. The Hall–Kier alpha value is -1.62. The number of anilines is 2. The van der Waals surface area contributed by atoms with Gasteiger partial charge in [0.25, 0.3) is 0 Å². The van der Waals surface area contributed by atoms with Crippen LogP contribution in [0.5, 0.6) is 11.5 Å². The molecule has 0 aromatic heterocycles. The second kappa shape index (κ2) is 7.85. The number of ether oxygens (including phenoxy) is 3. The minimum absolute atomic E-state index is 0.190. The molecule has 0 radical (unpaired) electrons. The molecule has 114 valence electrons. The van der Waals surface area contributed by atoms with Crippen molar-refractivity contribution >= 4 is 11.4 Å². The predicted molar refractivity (Wildman–Crippen MR) is 82.7 cm³/mol. The van der Waals surface area contributed by atoms with Crippen LogP contribution in [0, 0.1) is 5.92 Å². The van der Waals surface area contributed by atoms with Gasteiger partial charge in [-0.05, 0) is 12.8 Å². The van der Waals surface area contributed by atoms with Gasteiger partial charge in [-0.15, -0.1) is 0 Å². The lowest BCUT2D eigenvalue weighted by Gasteiger charge is -2.24. The van der Waals surface area contributed by atoms with Crippen LogP contribution in [-0.2, 0) is 4.74 Å². The van der Waals surface area contributed by atoms with Gasteiger partial charge in [0.1, 0.15) is 0 Å². The number of nitrogens with one attached hydrogen (secondary N) is 1. The third kappa shape index (κ3) is 4.20. The second-order valence-corrected chi connectivity index (χ2v) is 4.95. The zero-order valence-corrected chi connectivity index (χ0v) is 13.0. The molecule has 0 bridgehead atoms. The van der Waals surface area contributed by atoms with Gasteiger partial charge in [-0.2, -0.15) is 0 Å². The Morgan fingerprint density at radius 3 is 2.25 bits per heavy atom. The normalized spacial score (nSPS) is 12.3. The molecule has 5 heteroatoms. The van der Waals surface area contributed by atoms with Crippen LogP contribution in [0.3, 0.4) is 0 Å². The number of nitrogens with two attached hydrogens (primary N) is 1. The topological polar surface area (TPSA) is 65.7 Å². The highest BCUT2D eigenvalue weighted by molar-refractivity contribution is 5.72. The Bertz CT molecular complexity index is 422. The van der Waals surface area contributed by atoms with Crippen molar-refractivity contribution < 1.29 is 14.2 Å². The highest BCUT2D eigenvalue weighted by atomic mass is 16.5. The number of nitrogen functional groups attached to an aromatic ring is 1. The molecule has 0 saturated carbocycles. The number of hydrogen-bond donors (Lipinski definition) is 2. The van der Waals surface area contributed by atoms with Crippen molar-refractivity contribution in [3.8, 4) is 11.5 Å². The van der Waals surface area contributed by atoms with E-state index in [0.29, 0.717) is 36.3 Å². The number of rotatable bonds is 8. The van der Waals surface area contributed by atoms with Crippen LogP contribution in [-0.4, -0.2) is 33.5 Å². The van der Waals surface area contributed by atoms with E-state index in [1.54, 1.807) is 20.3 Å². The van der Waals surface area contributed by atoms with Crippen LogP contribution in [0.25, 0.3) is 0 Å². The van der Waals surface area contributed by atoms with E-state index < -0.39 is 0 Å². The average molecular weight is 282 g/mol. The highest BCUT2D eigenvalue weighted by Gasteiger charge is 2.16. The summed E-state index contributed by atoms with van der Waals surface area (Å²) in [5.41, 5.74) is 7.52. The Morgan fingerprint density at radius 1 is 1.15 bits per heavy atom. The molecule has 0 spiro atoms. The molecule has 1 unspecified atom stereocenters. The van der Waals surface area contributed by atoms with E-state index >= 15 is 0 Å². The van der Waals surface area contributed by atoms with Crippen molar-refractivity contribution in [1.82, 2.24) is 0 Å². The summed E-state index contributed by atoms with van der Waals surface area (Å²) in [4.78, 5) is 0. The maximum atomic E-state index is 6.06. The number of hydrogen-bond acceptors (Lipinski definition) is 5. The molecule has 20 heavy (non-hydrogen) atoms. The molecule has 1 atom stereocenters. The van der Waals surface area contributed by atoms with E-state index in [-0.39, 0.29) is 6.04 Å². The summed E-state index contributed by atoms with van der Waals surface area (Å²) >= 11 is 0. The summed E-state index contributed by atoms with van der Waals surface area (Å²) in [5, 5.41) is 3.42. The fourth-order valence-corrected chi connectivity index (χ4v) is 1.87. The quantitative estimate of drug-likeness (QED) is 0.718. The van der Waals surface area contributed by atoms with Gasteiger partial charge in [0.15, 0.2) is 11.5 Å². The first-order valence-electron chi connectivity index (χ1n) is 6.89. The summed E-state index contributed by atoms with van der Waals surface area (Å²) < 4.78 is 16.0. The largest absolute Gasteiger partial charge is 0.493 e. The molecule has 0 aliphatic heterocycles. The standard InChI is InChI=1S/C15H26N2O3/c1-6-20-9-13(10(2)3)17-12-8-15(19-5)14(18-4)7-11(12)16/h7-8,10,13,17H,6,9,16H2,1-5H3. The van der Waals surface area contributed by atoms with Gasteiger partial charge in [-0.1, -0.05) is 13.8 Å². The van der Waals surface area contributed by atoms with Gasteiger partial charge in [0.05, 0.1) is 38.2 Å². The lowest BCUT2D eigenvalue weighted by atomic mass is 10.0. The van der Waals surface area contributed by atoms with Gasteiger partial charge in [0.2, 0.25) is 0 Å². The minimum atomic E-state index is 0.190. The van der Waals surface area contributed by atoms with Crippen LogP contribution >= 0.6 is 0 Å². The minimum Gasteiger partial charge on any atom is -0.493 e. The van der Waals surface area contributed by atoms with Gasteiger partial charge in [-0.3, -0.25) is 0 Å². The maximum Gasteiger partial charge on any atom is 0.162 e. The SMILES string of the molecule is CCOCC(Nc1cc(OC)c(OC)cc1N)C(C)C. The number of benzene rings is 1. The van der Waals surface area contributed by atoms with Gasteiger partial charge in [-0.25, -0.2) is 0 Å². The van der Waals surface area contributed by atoms with Crippen LogP contribution in [0.2, 0.25) is 0 Å². The molecule has 5 nitrogen and oxygen atoms in total. The van der Waals surface area contributed by atoms with E-state index in [1.807, 2.05) is 13.0 Å². The van der Waals surface area contributed by atoms with Crippen molar-refractivity contribution in [2.45, 2.75) is 26.8 Å². The predicted octanol–water partition coefficient (Wildman–Crippen LogP) is 2.76. The Kier molecular flexibility index (Phi) is 6.45. The Balaban J connectivity index is 2.94. The summed E-state index contributed by atoms with van der Waals surface area (Å²) in [6.45, 7) is 7.62. The molecular weight excluding hydrogens is 256 g/mol. The first-order chi connectivity index (χ1) is 9.53.